The predicted octanol–water partition coefficient (Wildman–Crippen LogP) is 1.56. The minimum Gasteiger partial charge on any atom is -0.481 e. The molecule has 1 aliphatic rings. The Kier molecular flexibility index (Phi) is 5.80. The summed E-state index contributed by atoms with van der Waals surface area (Å²) in [7, 11) is -3.54. The van der Waals surface area contributed by atoms with Crippen molar-refractivity contribution in [2.24, 2.45) is 0 Å². The van der Waals surface area contributed by atoms with E-state index in [-0.39, 0.29) is 17.4 Å². The molecule has 6 nitrogen and oxygen atoms in total. The van der Waals surface area contributed by atoms with Crippen LogP contribution in [0.25, 0.3) is 0 Å². The Hall–Kier alpha value is -1.15. The Morgan fingerprint density at radius 1 is 1.27 bits per heavy atom. The van der Waals surface area contributed by atoms with Crippen molar-refractivity contribution >= 4 is 27.6 Å². The number of piperidine rings is 1. The number of carboxylic acids is 1. The highest BCUT2D eigenvalue weighted by Crippen LogP contribution is 2.17. The Morgan fingerprint density at radius 2 is 1.86 bits per heavy atom. The minimum atomic E-state index is -3.54. The van der Waals surface area contributed by atoms with Gasteiger partial charge in [-0.1, -0.05) is 11.6 Å². The number of rotatable bonds is 6. The maximum absolute atomic E-state index is 12.3. The fourth-order valence-electron chi connectivity index (χ4n) is 2.43. The van der Waals surface area contributed by atoms with Gasteiger partial charge in [-0.15, -0.1) is 0 Å². The second-order valence-electron chi connectivity index (χ2n) is 5.33. The van der Waals surface area contributed by atoms with E-state index in [2.05, 4.69) is 4.72 Å². The standard InChI is InChI=1S/C14H19ClN2O4S/c15-11-1-3-13(4-2-11)22(20,21)16-12-5-8-17(9-6-12)10-7-14(18)19/h1-4,12,16H,5-10H2,(H,18,19). The summed E-state index contributed by atoms with van der Waals surface area (Å²) in [5.41, 5.74) is 0. The minimum absolute atomic E-state index is 0.112. The molecule has 0 saturated carbocycles. The van der Waals surface area contributed by atoms with Crippen molar-refractivity contribution in [1.82, 2.24) is 9.62 Å². The van der Waals surface area contributed by atoms with E-state index in [9.17, 15) is 13.2 Å². The molecule has 0 spiro atoms. The molecule has 22 heavy (non-hydrogen) atoms. The second kappa shape index (κ2) is 7.41. The average Bonchev–Trinajstić information content (AvgIpc) is 2.46. The first kappa shape index (κ1) is 17.2. The molecule has 8 heteroatoms. The van der Waals surface area contributed by atoms with Gasteiger partial charge in [0.25, 0.3) is 0 Å². The first-order chi connectivity index (χ1) is 10.4. The smallest absolute Gasteiger partial charge is 0.304 e. The number of sulfonamides is 1. The van der Waals surface area contributed by atoms with Crippen molar-refractivity contribution in [1.29, 1.82) is 0 Å². The molecule has 2 N–H and O–H groups in total. The van der Waals surface area contributed by atoms with E-state index >= 15 is 0 Å². The molecule has 122 valence electrons. The Balaban J connectivity index is 1.87. The zero-order valence-corrected chi connectivity index (χ0v) is 13.6. The van der Waals surface area contributed by atoms with Crippen molar-refractivity contribution in [2.45, 2.75) is 30.2 Å². The van der Waals surface area contributed by atoms with Gasteiger partial charge < -0.3 is 10.0 Å². The van der Waals surface area contributed by atoms with Crippen LogP contribution < -0.4 is 4.72 Å². The molecule has 1 aromatic carbocycles. The van der Waals surface area contributed by atoms with Crippen molar-refractivity contribution in [2.75, 3.05) is 19.6 Å². The number of carboxylic acid groups (broad SMARTS) is 1. The number of nitrogens with one attached hydrogen (secondary N) is 1. The highest BCUT2D eigenvalue weighted by Gasteiger charge is 2.24. The first-order valence-electron chi connectivity index (χ1n) is 7.09. The Morgan fingerprint density at radius 3 is 2.41 bits per heavy atom. The van der Waals surface area contributed by atoms with Crippen LogP contribution in [0.4, 0.5) is 0 Å². The van der Waals surface area contributed by atoms with Gasteiger partial charge in [-0.3, -0.25) is 4.79 Å². The van der Waals surface area contributed by atoms with Gasteiger partial charge in [0.05, 0.1) is 11.3 Å². The molecule has 0 atom stereocenters. The first-order valence-corrected chi connectivity index (χ1v) is 8.95. The molecule has 1 aromatic rings. The average molecular weight is 347 g/mol. The molecule has 0 radical (unpaired) electrons. The Labute approximate surface area is 135 Å². The number of nitrogens with zero attached hydrogens (tertiary/aromatic N) is 1. The number of hydrogen-bond acceptors (Lipinski definition) is 4. The van der Waals surface area contributed by atoms with Crippen molar-refractivity contribution < 1.29 is 18.3 Å². The van der Waals surface area contributed by atoms with Crippen molar-refractivity contribution in [3.63, 3.8) is 0 Å². The van der Waals surface area contributed by atoms with Crippen LogP contribution >= 0.6 is 11.6 Å². The summed E-state index contributed by atoms with van der Waals surface area (Å²) in [6, 6.07) is 5.93. The lowest BCUT2D eigenvalue weighted by molar-refractivity contribution is -0.137. The summed E-state index contributed by atoms with van der Waals surface area (Å²) in [6.45, 7) is 1.90. The van der Waals surface area contributed by atoms with E-state index < -0.39 is 16.0 Å². The van der Waals surface area contributed by atoms with Gasteiger partial charge in [0.15, 0.2) is 0 Å². The second-order valence-corrected chi connectivity index (χ2v) is 7.49. The summed E-state index contributed by atoms with van der Waals surface area (Å²) in [5, 5.41) is 9.16. The monoisotopic (exact) mass is 346 g/mol. The zero-order valence-electron chi connectivity index (χ0n) is 12.0. The number of halogens is 1. The van der Waals surface area contributed by atoms with Crippen molar-refractivity contribution in [3.05, 3.63) is 29.3 Å². The molecular formula is C14H19ClN2O4S. The van der Waals surface area contributed by atoms with Crippen LogP contribution in [0.3, 0.4) is 0 Å². The number of carbonyl (C=O) groups is 1. The van der Waals surface area contributed by atoms with E-state index in [4.69, 9.17) is 16.7 Å². The van der Waals surface area contributed by atoms with Gasteiger partial charge in [0.2, 0.25) is 10.0 Å². The molecule has 1 fully saturated rings. The fraction of sp³-hybridized carbons (Fsp3) is 0.500. The molecule has 1 aliphatic heterocycles. The molecule has 0 amide bonds. The molecule has 2 rings (SSSR count). The number of aliphatic carboxylic acids is 1. The van der Waals surface area contributed by atoms with Crippen molar-refractivity contribution in [3.8, 4) is 0 Å². The molecule has 0 aliphatic carbocycles. The van der Waals surface area contributed by atoms with Crippen LogP contribution in [0.2, 0.25) is 5.02 Å². The van der Waals surface area contributed by atoms with E-state index in [1.807, 2.05) is 4.90 Å². The predicted molar refractivity (Wildman–Crippen MR) is 83.5 cm³/mol. The van der Waals surface area contributed by atoms with Crippen LogP contribution in [0.1, 0.15) is 19.3 Å². The largest absolute Gasteiger partial charge is 0.481 e. The van der Waals surface area contributed by atoms with Crippen LogP contribution in [-0.4, -0.2) is 50.1 Å². The molecular weight excluding hydrogens is 328 g/mol. The van der Waals surface area contributed by atoms with Crippen LogP contribution in [0.5, 0.6) is 0 Å². The van der Waals surface area contributed by atoms with Gasteiger partial charge in [0.1, 0.15) is 0 Å². The lowest BCUT2D eigenvalue weighted by atomic mass is 10.1. The number of hydrogen-bond donors (Lipinski definition) is 2. The van der Waals surface area contributed by atoms with Crippen LogP contribution in [0, 0.1) is 0 Å². The fourth-order valence-corrected chi connectivity index (χ4v) is 3.86. The highest BCUT2D eigenvalue weighted by molar-refractivity contribution is 7.89. The Bertz CT molecular complexity index is 610. The summed E-state index contributed by atoms with van der Waals surface area (Å²) in [4.78, 5) is 12.8. The van der Waals surface area contributed by atoms with Crippen LogP contribution in [-0.2, 0) is 14.8 Å². The van der Waals surface area contributed by atoms with Gasteiger partial charge in [-0.25, -0.2) is 13.1 Å². The van der Waals surface area contributed by atoms with Gasteiger partial charge in [-0.05, 0) is 50.2 Å². The molecule has 1 saturated heterocycles. The third-order valence-electron chi connectivity index (χ3n) is 3.68. The summed E-state index contributed by atoms with van der Waals surface area (Å²) >= 11 is 5.76. The summed E-state index contributed by atoms with van der Waals surface area (Å²) in [6.07, 6.45) is 1.46. The summed E-state index contributed by atoms with van der Waals surface area (Å²) < 4.78 is 27.2. The third kappa shape index (κ3) is 4.95. The van der Waals surface area contributed by atoms with Gasteiger partial charge in [-0.2, -0.15) is 0 Å². The molecule has 0 unspecified atom stereocenters. The van der Waals surface area contributed by atoms with E-state index in [1.54, 1.807) is 12.1 Å². The zero-order chi connectivity index (χ0) is 16.2. The number of likely N-dealkylation sites (tertiary alicyclic amines) is 1. The maximum Gasteiger partial charge on any atom is 0.304 e. The molecule has 0 bridgehead atoms. The quantitative estimate of drug-likeness (QED) is 0.816. The number of benzene rings is 1. The van der Waals surface area contributed by atoms with E-state index in [0.717, 1.165) is 0 Å². The maximum atomic E-state index is 12.3. The third-order valence-corrected chi connectivity index (χ3v) is 5.46. The van der Waals surface area contributed by atoms with E-state index in [0.29, 0.717) is 37.5 Å². The van der Waals surface area contributed by atoms with Gasteiger partial charge in [0, 0.05) is 17.6 Å². The summed E-state index contributed by atoms with van der Waals surface area (Å²) in [5.74, 6) is -0.814. The van der Waals surface area contributed by atoms with Gasteiger partial charge >= 0.3 is 5.97 Å². The molecule has 1 heterocycles. The lowest BCUT2D eigenvalue weighted by Crippen LogP contribution is -2.45. The van der Waals surface area contributed by atoms with E-state index in [1.165, 1.54) is 12.1 Å². The topological polar surface area (TPSA) is 86.7 Å². The van der Waals surface area contributed by atoms with Crippen LogP contribution in [0.15, 0.2) is 29.2 Å². The molecule has 0 aromatic heterocycles. The SMILES string of the molecule is O=C(O)CCN1CCC(NS(=O)(=O)c2ccc(Cl)cc2)CC1. The lowest BCUT2D eigenvalue weighted by Gasteiger charge is -2.31. The highest BCUT2D eigenvalue weighted by atomic mass is 35.5. The normalized spacial score (nSPS) is 17.5.